The number of urea groups is 1. The zero-order valence-corrected chi connectivity index (χ0v) is 18.0. The van der Waals surface area contributed by atoms with E-state index in [9.17, 15) is 9.59 Å². The standard InChI is InChI=1S/C21H20ClN5O2S/c1-21(2)18(28)26-20(29)27(21)11-10-23-19-24-12-14(13-6-4-3-5-7-13)17(25-19)15-8-9-16(22)30-15/h3-9,12H,10-11H2,1-2H3,(H,23,24,25)(H,26,28,29). The molecule has 1 fully saturated rings. The maximum atomic E-state index is 12.0. The Hall–Kier alpha value is -2.97. The summed E-state index contributed by atoms with van der Waals surface area (Å²) >= 11 is 7.60. The fourth-order valence-electron chi connectivity index (χ4n) is 3.28. The van der Waals surface area contributed by atoms with Gasteiger partial charge in [0.25, 0.3) is 5.91 Å². The fraction of sp³-hybridized carbons (Fsp3) is 0.238. The first-order valence-electron chi connectivity index (χ1n) is 9.41. The molecule has 154 valence electrons. The minimum atomic E-state index is -0.879. The van der Waals surface area contributed by atoms with E-state index in [1.807, 2.05) is 42.5 Å². The van der Waals surface area contributed by atoms with Crippen molar-refractivity contribution in [1.29, 1.82) is 0 Å². The van der Waals surface area contributed by atoms with Crippen LogP contribution >= 0.6 is 22.9 Å². The number of carbonyl (C=O) groups excluding carboxylic acids is 2. The molecule has 30 heavy (non-hydrogen) atoms. The molecule has 0 spiro atoms. The van der Waals surface area contributed by atoms with E-state index in [0.29, 0.717) is 23.4 Å². The molecular formula is C21H20ClN5O2S. The van der Waals surface area contributed by atoms with Gasteiger partial charge in [0.1, 0.15) is 5.54 Å². The largest absolute Gasteiger partial charge is 0.352 e. The number of rotatable bonds is 6. The molecule has 0 atom stereocenters. The first kappa shape index (κ1) is 20.3. The second-order valence-corrected chi connectivity index (χ2v) is 9.04. The van der Waals surface area contributed by atoms with E-state index in [0.717, 1.165) is 21.7 Å². The number of nitrogens with one attached hydrogen (secondary N) is 2. The number of nitrogens with zero attached hydrogens (tertiary/aromatic N) is 3. The maximum absolute atomic E-state index is 12.0. The lowest BCUT2D eigenvalue weighted by atomic mass is 10.0. The minimum Gasteiger partial charge on any atom is -0.352 e. The van der Waals surface area contributed by atoms with Gasteiger partial charge >= 0.3 is 6.03 Å². The Morgan fingerprint density at radius 3 is 2.57 bits per heavy atom. The third-order valence-electron chi connectivity index (χ3n) is 4.99. The topological polar surface area (TPSA) is 87.2 Å². The quantitative estimate of drug-likeness (QED) is 0.558. The summed E-state index contributed by atoms with van der Waals surface area (Å²) < 4.78 is 0.684. The van der Waals surface area contributed by atoms with Gasteiger partial charge in [-0.15, -0.1) is 11.3 Å². The van der Waals surface area contributed by atoms with E-state index in [4.69, 9.17) is 16.6 Å². The van der Waals surface area contributed by atoms with Gasteiger partial charge in [0.05, 0.1) is 14.9 Å². The van der Waals surface area contributed by atoms with Gasteiger partial charge in [0.2, 0.25) is 5.95 Å². The van der Waals surface area contributed by atoms with E-state index in [1.165, 1.54) is 16.2 Å². The van der Waals surface area contributed by atoms with Gasteiger partial charge in [-0.2, -0.15) is 0 Å². The second-order valence-electron chi connectivity index (χ2n) is 7.32. The van der Waals surface area contributed by atoms with Crippen molar-refractivity contribution in [3.05, 3.63) is 53.0 Å². The van der Waals surface area contributed by atoms with Crippen LogP contribution in [-0.4, -0.2) is 45.4 Å². The Morgan fingerprint density at radius 2 is 1.93 bits per heavy atom. The molecule has 3 aromatic rings. The summed E-state index contributed by atoms with van der Waals surface area (Å²) in [7, 11) is 0. The molecule has 9 heteroatoms. The van der Waals surface area contributed by atoms with Crippen LogP contribution in [0.15, 0.2) is 48.7 Å². The smallest absolute Gasteiger partial charge is 0.325 e. The number of hydrogen-bond donors (Lipinski definition) is 2. The molecule has 0 radical (unpaired) electrons. The van der Waals surface area contributed by atoms with Gasteiger partial charge < -0.3 is 10.2 Å². The molecule has 1 aliphatic heterocycles. The van der Waals surface area contributed by atoms with Crippen LogP contribution in [0.5, 0.6) is 0 Å². The van der Waals surface area contributed by atoms with Gasteiger partial charge in [-0.1, -0.05) is 41.9 Å². The minimum absolute atomic E-state index is 0.298. The van der Waals surface area contributed by atoms with E-state index >= 15 is 0 Å². The van der Waals surface area contributed by atoms with Crippen LogP contribution in [0, 0.1) is 0 Å². The highest BCUT2D eigenvalue weighted by atomic mass is 35.5. The predicted octanol–water partition coefficient (Wildman–Crippen LogP) is 4.27. The molecule has 0 bridgehead atoms. The van der Waals surface area contributed by atoms with Crippen LogP contribution in [-0.2, 0) is 4.79 Å². The van der Waals surface area contributed by atoms with Crippen molar-refractivity contribution in [1.82, 2.24) is 20.2 Å². The molecule has 3 amide bonds. The summed E-state index contributed by atoms with van der Waals surface area (Å²) in [5.74, 6) is 0.144. The van der Waals surface area contributed by atoms with Crippen molar-refractivity contribution < 1.29 is 9.59 Å². The normalized spacial score (nSPS) is 15.4. The number of thiophene rings is 1. The van der Waals surface area contributed by atoms with Gasteiger partial charge in [-0.25, -0.2) is 14.8 Å². The van der Waals surface area contributed by atoms with E-state index < -0.39 is 5.54 Å². The molecule has 7 nitrogen and oxygen atoms in total. The Labute approximate surface area is 183 Å². The summed E-state index contributed by atoms with van der Waals surface area (Å²) in [5.41, 5.74) is 1.82. The predicted molar refractivity (Wildman–Crippen MR) is 119 cm³/mol. The summed E-state index contributed by atoms with van der Waals surface area (Å²) in [6.07, 6.45) is 1.78. The zero-order valence-electron chi connectivity index (χ0n) is 16.5. The average Bonchev–Trinajstić information content (AvgIpc) is 3.24. The van der Waals surface area contributed by atoms with Crippen LogP contribution in [0.1, 0.15) is 13.8 Å². The molecule has 0 aliphatic carbocycles. The number of hydrogen-bond acceptors (Lipinski definition) is 6. The van der Waals surface area contributed by atoms with Crippen LogP contribution in [0.2, 0.25) is 4.34 Å². The first-order chi connectivity index (χ1) is 14.4. The van der Waals surface area contributed by atoms with E-state index in [2.05, 4.69) is 15.6 Å². The molecule has 1 saturated heterocycles. The third kappa shape index (κ3) is 3.88. The van der Waals surface area contributed by atoms with Crippen molar-refractivity contribution in [2.24, 2.45) is 0 Å². The first-order valence-corrected chi connectivity index (χ1v) is 10.6. The highest BCUT2D eigenvalue weighted by Crippen LogP contribution is 2.36. The Morgan fingerprint density at radius 1 is 1.17 bits per heavy atom. The second kappa shape index (κ2) is 8.04. The van der Waals surface area contributed by atoms with Crippen molar-refractivity contribution >= 4 is 40.8 Å². The van der Waals surface area contributed by atoms with Crippen molar-refractivity contribution in [3.8, 4) is 21.7 Å². The Bertz CT molecular complexity index is 1100. The molecule has 1 aliphatic rings. The third-order valence-corrected chi connectivity index (χ3v) is 6.23. The maximum Gasteiger partial charge on any atom is 0.325 e. The van der Waals surface area contributed by atoms with Gasteiger partial charge in [-0.05, 0) is 31.5 Å². The van der Waals surface area contributed by atoms with Gasteiger partial charge in [-0.3, -0.25) is 10.1 Å². The van der Waals surface area contributed by atoms with E-state index in [1.54, 1.807) is 20.0 Å². The highest BCUT2D eigenvalue weighted by molar-refractivity contribution is 7.19. The molecule has 4 rings (SSSR count). The van der Waals surface area contributed by atoms with Crippen molar-refractivity contribution in [2.75, 3.05) is 18.4 Å². The Balaban J connectivity index is 1.56. The molecule has 1 aromatic carbocycles. The van der Waals surface area contributed by atoms with Gasteiger partial charge in [0.15, 0.2) is 0 Å². The SMILES string of the molecule is CC1(C)C(=O)NC(=O)N1CCNc1ncc(-c2ccccc2)c(-c2ccc(Cl)s2)n1. The van der Waals surface area contributed by atoms with Crippen LogP contribution in [0.4, 0.5) is 10.7 Å². The van der Waals surface area contributed by atoms with Crippen LogP contribution in [0.3, 0.4) is 0 Å². The number of halogens is 1. The fourth-order valence-corrected chi connectivity index (χ4v) is 4.33. The molecule has 2 N–H and O–H groups in total. The lowest BCUT2D eigenvalue weighted by Gasteiger charge is -2.27. The number of carbonyl (C=O) groups is 2. The van der Waals surface area contributed by atoms with Crippen molar-refractivity contribution in [2.45, 2.75) is 19.4 Å². The summed E-state index contributed by atoms with van der Waals surface area (Å²) in [6.45, 7) is 4.18. The molecular weight excluding hydrogens is 422 g/mol. The summed E-state index contributed by atoms with van der Waals surface area (Å²) in [4.78, 5) is 35.5. The molecule has 0 unspecified atom stereocenters. The number of imide groups is 1. The lowest BCUT2D eigenvalue weighted by Crippen LogP contribution is -2.46. The monoisotopic (exact) mass is 441 g/mol. The lowest BCUT2D eigenvalue weighted by molar-refractivity contribution is -0.125. The van der Waals surface area contributed by atoms with Gasteiger partial charge in [0, 0.05) is 24.8 Å². The zero-order chi connectivity index (χ0) is 21.3. The van der Waals surface area contributed by atoms with E-state index in [-0.39, 0.29) is 11.9 Å². The number of amides is 3. The number of aromatic nitrogens is 2. The molecule has 2 aromatic heterocycles. The highest BCUT2D eigenvalue weighted by Gasteiger charge is 2.45. The summed E-state index contributed by atoms with van der Waals surface area (Å²) in [6, 6.07) is 13.3. The summed E-state index contributed by atoms with van der Waals surface area (Å²) in [5, 5.41) is 5.50. The molecule has 0 saturated carbocycles. The Kier molecular flexibility index (Phi) is 5.44. The molecule has 3 heterocycles. The average molecular weight is 442 g/mol. The van der Waals surface area contributed by atoms with Crippen LogP contribution in [0.25, 0.3) is 21.7 Å². The van der Waals surface area contributed by atoms with Crippen molar-refractivity contribution in [3.63, 3.8) is 0 Å². The van der Waals surface area contributed by atoms with Crippen LogP contribution < -0.4 is 10.6 Å². The number of benzene rings is 1. The number of anilines is 1.